The average Bonchev–Trinajstić information content (AvgIpc) is 3.19. The molecule has 1 aromatic carbocycles. The molecule has 37 heavy (non-hydrogen) atoms. The van der Waals surface area contributed by atoms with Gasteiger partial charge in [0.15, 0.2) is 9.75 Å². The number of halogens is 3. The molecule has 0 aromatic heterocycles. The van der Waals surface area contributed by atoms with Crippen LogP contribution in [0.15, 0.2) is 42.5 Å². The van der Waals surface area contributed by atoms with E-state index in [1.807, 2.05) is 13.0 Å². The van der Waals surface area contributed by atoms with Crippen LogP contribution in [0.5, 0.6) is 5.75 Å². The number of likely N-dealkylation sites (tertiary alicyclic amines) is 2. The highest BCUT2D eigenvalue weighted by atomic mass is 79.9. The fourth-order valence-corrected chi connectivity index (χ4v) is 8.19. The number of benzene rings is 1. The van der Waals surface area contributed by atoms with E-state index < -0.39 is 45.2 Å². The first-order valence-electron chi connectivity index (χ1n) is 12.3. The van der Waals surface area contributed by atoms with Crippen molar-refractivity contribution in [3.8, 4) is 5.75 Å². The van der Waals surface area contributed by atoms with Crippen LogP contribution in [0.25, 0.3) is 0 Å². The molecule has 0 unspecified atom stereocenters. The molecule has 10 heteroatoms. The lowest BCUT2D eigenvalue weighted by Gasteiger charge is -2.50. The minimum absolute atomic E-state index is 0.0610. The van der Waals surface area contributed by atoms with Crippen molar-refractivity contribution in [2.24, 2.45) is 17.8 Å². The second-order valence-corrected chi connectivity index (χ2v) is 11.9. The summed E-state index contributed by atoms with van der Waals surface area (Å²) >= 11 is 17.6. The number of carbonyl (C=O) groups is 4. The molecule has 1 N–H and O–H groups in total. The molecule has 1 saturated carbocycles. The molecule has 6 atom stereocenters. The molecule has 5 rings (SSSR count). The molecular formula is C27H27BrCl2N2O5. The quantitative estimate of drug-likeness (QED) is 0.225. The van der Waals surface area contributed by atoms with Crippen molar-refractivity contribution >= 4 is 62.8 Å². The third-order valence-electron chi connectivity index (χ3n) is 8.38. The number of phenols is 1. The lowest BCUT2D eigenvalue weighted by atomic mass is 9.56. The first-order chi connectivity index (χ1) is 17.6. The zero-order chi connectivity index (χ0) is 26.9. The summed E-state index contributed by atoms with van der Waals surface area (Å²) in [5, 5.41) is 11.3. The number of fused-ring (bicyclic) bond motifs is 4. The van der Waals surface area contributed by atoms with Gasteiger partial charge in [0.25, 0.3) is 11.8 Å². The Morgan fingerprint density at radius 2 is 1.86 bits per heavy atom. The number of nitrogens with zero attached hydrogens (tertiary/aromatic N) is 2. The zero-order valence-corrected chi connectivity index (χ0v) is 23.4. The van der Waals surface area contributed by atoms with Crippen LogP contribution in [0.2, 0.25) is 0 Å². The summed E-state index contributed by atoms with van der Waals surface area (Å²) in [5.74, 6) is -4.73. The predicted octanol–water partition coefficient (Wildman–Crippen LogP) is 4.24. The molecule has 0 spiro atoms. The molecular weight excluding hydrogens is 583 g/mol. The average molecular weight is 610 g/mol. The summed E-state index contributed by atoms with van der Waals surface area (Å²) in [4.78, 5) is 52.6. The Hall–Kier alpha value is -2.16. The Balaban J connectivity index is 1.74. The molecule has 4 amide bonds. The molecule has 1 aromatic rings. The SMILES string of the molecule is C=CCc1cccc([C@H]2C3=CC[C@@H]4C(=O)N(CCC)C(=O)[C@@H]4[C@@H]3C[C@@]3(Cl)C(=O)N(CBr)C(=O)[C@@]23Cl)c1O. The normalized spacial score (nSPS) is 34.9. The van der Waals surface area contributed by atoms with E-state index in [9.17, 15) is 24.3 Å². The summed E-state index contributed by atoms with van der Waals surface area (Å²) in [6.45, 7) is 5.96. The standard InChI is InChI=1S/C27H27BrCl2N2O5/c1-3-6-14-7-5-8-17(21(14)33)20-15-9-10-16-19(23(35)31(11-4-2)22(16)34)18(15)12-26(29)24(36)32(13-28)25(37)27(20,26)30/h3,5,7-9,16,18-20,33H,1,4,6,10-13H2,2H3/t16-,18+,19-,20+,26+,27-/m0/s1. The van der Waals surface area contributed by atoms with Gasteiger partial charge in [0.2, 0.25) is 11.8 Å². The first-order valence-corrected chi connectivity index (χ1v) is 14.2. The predicted molar refractivity (Wildman–Crippen MR) is 142 cm³/mol. The Morgan fingerprint density at radius 3 is 2.51 bits per heavy atom. The first kappa shape index (κ1) is 26.4. The van der Waals surface area contributed by atoms with E-state index >= 15 is 0 Å². The van der Waals surface area contributed by atoms with Gasteiger partial charge in [-0.3, -0.25) is 29.0 Å². The Morgan fingerprint density at radius 1 is 1.14 bits per heavy atom. The van der Waals surface area contributed by atoms with Crippen LogP contribution in [0.3, 0.4) is 0 Å². The molecule has 2 aliphatic carbocycles. The number of para-hydroxylation sites is 1. The number of rotatable bonds is 6. The fraction of sp³-hybridized carbons (Fsp3) is 0.481. The third kappa shape index (κ3) is 3.37. The van der Waals surface area contributed by atoms with Crippen molar-refractivity contribution in [1.82, 2.24) is 9.80 Å². The second kappa shape index (κ2) is 9.24. The van der Waals surface area contributed by atoms with E-state index in [4.69, 9.17) is 23.2 Å². The fourth-order valence-electron chi connectivity index (χ4n) is 6.77. The molecule has 196 valence electrons. The summed E-state index contributed by atoms with van der Waals surface area (Å²) in [5.41, 5.74) is 1.50. The maximum absolute atomic E-state index is 13.8. The van der Waals surface area contributed by atoms with Crippen LogP contribution < -0.4 is 0 Å². The van der Waals surface area contributed by atoms with E-state index in [0.717, 1.165) is 4.90 Å². The largest absolute Gasteiger partial charge is 0.507 e. The Labute approximate surface area is 233 Å². The van der Waals surface area contributed by atoms with Crippen molar-refractivity contribution in [2.75, 3.05) is 12.0 Å². The smallest absolute Gasteiger partial charge is 0.254 e. The number of hydrogen-bond acceptors (Lipinski definition) is 5. The molecule has 2 saturated heterocycles. The van der Waals surface area contributed by atoms with Gasteiger partial charge >= 0.3 is 0 Å². The van der Waals surface area contributed by atoms with Gasteiger partial charge in [-0.25, -0.2) is 0 Å². The number of imide groups is 2. The highest BCUT2D eigenvalue weighted by molar-refractivity contribution is 9.09. The Bertz CT molecular complexity index is 1270. The molecule has 3 fully saturated rings. The van der Waals surface area contributed by atoms with Gasteiger partial charge < -0.3 is 5.11 Å². The lowest BCUT2D eigenvalue weighted by Crippen LogP contribution is -2.60. The highest BCUT2D eigenvalue weighted by Crippen LogP contribution is 2.66. The van der Waals surface area contributed by atoms with Crippen molar-refractivity contribution in [1.29, 1.82) is 0 Å². The summed E-state index contributed by atoms with van der Waals surface area (Å²) in [7, 11) is 0. The van der Waals surface area contributed by atoms with E-state index in [0.29, 0.717) is 42.5 Å². The molecule has 7 nitrogen and oxygen atoms in total. The maximum atomic E-state index is 13.8. The van der Waals surface area contributed by atoms with Gasteiger partial charge in [-0.05, 0) is 37.2 Å². The monoisotopic (exact) mass is 608 g/mol. The molecule has 0 bridgehead atoms. The van der Waals surface area contributed by atoms with Gasteiger partial charge in [-0.2, -0.15) is 0 Å². The minimum atomic E-state index is -1.94. The molecule has 2 aliphatic heterocycles. The summed E-state index contributed by atoms with van der Waals surface area (Å²) < 4.78 is 0. The van der Waals surface area contributed by atoms with Crippen LogP contribution in [-0.4, -0.2) is 60.3 Å². The summed E-state index contributed by atoms with van der Waals surface area (Å²) in [6.07, 6.45) is 4.76. The maximum Gasteiger partial charge on any atom is 0.254 e. The van der Waals surface area contributed by atoms with Gasteiger partial charge in [-0.15, -0.1) is 29.8 Å². The van der Waals surface area contributed by atoms with Gasteiger partial charge in [0.1, 0.15) is 5.75 Å². The third-order valence-corrected chi connectivity index (χ3v) is 10.3. The van der Waals surface area contributed by atoms with E-state index in [1.165, 1.54) is 4.90 Å². The molecule has 4 aliphatic rings. The molecule has 0 radical (unpaired) electrons. The lowest BCUT2D eigenvalue weighted by molar-refractivity contribution is -0.141. The van der Waals surface area contributed by atoms with Crippen molar-refractivity contribution in [3.63, 3.8) is 0 Å². The van der Waals surface area contributed by atoms with Crippen molar-refractivity contribution in [2.45, 2.75) is 48.3 Å². The van der Waals surface area contributed by atoms with E-state index in [-0.39, 0.29) is 29.4 Å². The van der Waals surface area contributed by atoms with Crippen LogP contribution in [0.4, 0.5) is 0 Å². The number of hydrogen-bond donors (Lipinski definition) is 1. The summed E-state index contributed by atoms with van der Waals surface area (Å²) in [6, 6.07) is 5.16. The van der Waals surface area contributed by atoms with Gasteiger partial charge in [0.05, 0.1) is 17.3 Å². The van der Waals surface area contributed by atoms with E-state index in [1.54, 1.807) is 24.3 Å². The highest BCUT2D eigenvalue weighted by Gasteiger charge is 2.76. The van der Waals surface area contributed by atoms with Crippen LogP contribution in [0.1, 0.15) is 43.2 Å². The van der Waals surface area contributed by atoms with Gasteiger partial charge in [0, 0.05) is 18.0 Å². The van der Waals surface area contributed by atoms with Crippen LogP contribution in [-0.2, 0) is 25.6 Å². The van der Waals surface area contributed by atoms with Crippen LogP contribution >= 0.6 is 39.1 Å². The Kier molecular flexibility index (Phi) is 6.61. The number of phenolic OH excluding ortho intramolecular Hbond substituents is 1. The number of carbonyl (C=O) groups excluding carboxylic acids is 4. The topological polar surface area (TPSA) is 95.0 Å². The minimum Gasteiger partial charge on any atom is -0.507 e. The number of alkyl halides is 3. The van der Waals surface area contributed by atoms with E-state index in [2.05, 4.69) is 22.5 Å². The number of allylic oxidation sites excluding steroid dienone is 3. The van der Waals surface area contributed by atoms with Crippen molar-refractivity contribution < 1.29 is 24.3 Å². The van der Waals surface area contributed by atoms with Gasteiger partial charge in [-0.1, -0.05) is 58.8 Å². The van der Waals surface area contributed by atoms with Crippen molar-refractivity contribution in [3.05, 3.63) is 53.6 Å². The number of aromatic hydroxyl groups is 1. The zero-order valence-electron chi connectivity index (χ0n) is 20.3. The van der Waals surface area contributed by atoms with Crippen LogP contribution in [0, 0.1) is 17.8 Å². The second-order valence-electron chi connectivity index (χ2n) is 10.2. The molecule has 2 heterocycles. The number of amides is 4.